The first-order valence-corrected chi connectivity index (χ1v) is 12.5. The second kappa shape index (κ2) is 9.00. The van der Waals surface area contributed by atoms with E-state index >= 15 is 0 Å². The molecule has 0 atom stereocenters. The Morgan fingerprint density at radius 1 is 1.11 bits per heavy atom. The van der Waals surface area contributed by atoms with Gasteiger partial charge in [0.2, 0.25) is 5.91 Å². The molecule has 0 bridgehead atoms. The predicted octanol–water partition coefficient (Wildman–Crippen LogP) is 4.17. The highest BCUT2D eigenvalue weighted by atomic mass is 16.5. The van der Waals surface area contributed by atoms with Gasteiger partial charge >= 0.3 is 0 Å². The van der Waals surface area contributed by atoms with Gasteiger partial charge in [0, 0.05) is 68.8 Å². The summed E-state index contributed by atoms with van der Waals surface area (Å²) in [4.78, 5) is 22.9. The number of nitrogens with zero attached hydrogens (tertiary/aromatic N) is 5. The van der Waals surface area contributed by atoms with E-state index in [-0.39, 0.29) is 17.9 Å². The van der Waals surface area contributed by atoms with Crippen LogP contribution in [0.2, 0.25) is 0 Å². The van der Waals surface area contributed by atoms with E-state index in [1.165, 1.54) is 11.3 Å². The van der Waals surface area contributed by atoms with Gasteiger partial charge in [-0.2, -0.15) is 5.10 Å². The number of carbonyl (C=O) groups is 1. The molecule has 0 unspecified atom stereocenters. The molecule has 0 spiro atoms. The Balaban J connectivity index is 1.34. The number of anilines is 4. The molecular weight excluding hydrogens is 440 g/mol. The summed E-state index contributed by atoms with van der Waals surface area (Å²) < 4.78 is 7.44. The van der Waals surface area contributed by atoms with E-state index in [4.69, 9.17) is 4.74 Å². The quantitative estimate of drug-likeness (QED) is 0.617. The summed E-state index contributed by atoms with van der Waals surface area (Å²) in [7, 11) is 3.75. The van der Waals surface area contributed by atoms with Gasteiger partial charge in [-0.05, 0) is 49.9 Å². The average Bonchev–Trinajstić information content (AvgIpc) is 3.18. The summed E-state index contributed by atoms with van der Waals surface area (Å²) in [6, 6.07) is 10.4. The highest BCUT2D eigenvalue weighted by molar-refractivity contribution is 6.00. The van der Waals surface area contributed by atoms with Gasteiger partial charge < -0.3 is 19.9 Å². The molecule has 1 aromatic carbocycles. The van der Waals surface area contributed by atoms with Crippen LogP contribution in [0, 0.1) is 5.92 Å². The second-order valence-corrected chi connectivity index (χ2v) is 9.92. The molecule has 1 amide bonds. The molecule has 8 heteroatoms. The first-order chi connectivity index (χ1) is 17.1. The van der Waals surface area contributed by atoms with Crippen LogP contribution in [0.5, 0.6) is 0 Å². The number of benzene rings is 1. The van der Waals surface area contributed by atoms with Gasteiger partial charge in [-0.1, -0.05) is 6.07 Å². The smallest absolute Gasteiger partial charge is 0.230 e. The Labute approximate surface area is 205 Å². The summed E-state index contributed by atoms with van der Waals surface area (Å²) in [5.74, 6) is 1.03. The molecule has 6 rings (SSSR count). The number of aromatic nitrogens is 3. The third-order valence-corrected chi connectivity index (χ3v) is 7.70. The molecule has 3 aliphatic rings. The maximum Gasteiger partial charge on any atom is 0.230 e. The van der Waals surface area contributed by atoms with E-state index in [2.05, 4.69) is 50.8 Å². The number of methoxy groups -OCH3 is 1. The lowest BCUT2D eigenvalue weighted by molar-refractivity contribution is -0.124. The fraction of sp³-hybridized carbons (Fsp3) is 0.444. The number of hydrogen-bond donors (Lipinski definition) is 1. The summed E-state index contributed by atoms with van der Waals surface area (Å²) in [6.45, 7) is 2.25. The van der Waals surface area contributed by atoms with Crippen molar-refractivity contribution < 1.29 is 9.53 Å². The number of rotatable bonds is 3. The molecule has 1 saturated carbocycles. The minimum absolute atomic E-state index is 0.0177. The topological polar surface area (TPSA) is 75.5 Å². The average molecular weight is 473 g/mol. The normalized spacial score (nSPS) is 21.4. The lowest BCUT2D eigenvalue weighted by Gasteiger charge is -2.33. The number of hydrogen-bond acceptors (Lipinski definition) is 6. The summed E-state index contributed by atoms with van der Waals surface area (Å²) >= 11 is 0. The Hall–Kier alpha value is -3.39. The van der Waals surface area contributed by atoms with Gasteiger partial charge in [0.05, 0.1) is 29.7 Å². The molecule has 1 aliphatic carbocycles. The Morgan fingerprint density at radius 3 is 2.80 bits per heavy atom. The lowest BCUT2D eigenvalue weighted by atomic mass is 9.86. The van der Waals surface area contributed by atoms with Gasteiger partial charge in [0.25, 0.3) is 0 Å². The number of nitrogens with one attached hydrogen (secondary N) is 1. The van der Waals surface area contributed by atoms with Gasteiger partial charge in [0.1, 0.15) is 5.82 Å². The molecule has 0 saturated heterocycles. The number of fused-ring (bicyclic) bond motifs is 3. The summed E-state index contributed by atoms with van der Waals surface area (Å²) in [5.41, 5.74) is 6.46. The van der Waals surface area contributed by atoms with E-state index < -0.39 is 0 Å². The van der Waals surface area contributed by atoms with E-state index in [1.807, 2.05) is 22.7 Å². The molecule has 1 N–H and O–H groups in total. The molecule has 4 heterocycles. The number of pyridine rings is 1. The zero-order valence-electron chi connectivity index (χ0n) is 20.4. The van der Waals surface area contributed by atoms with E-state index in [9.17, 15) is 4.79 Å². The first kappa shape index (κ1) is 22.1. The van der Waals surface area contributed by atoms with Crippen LogP contribution in [-0.2, 0) is 36.1 Å². The van der Waals surface area contributed by atoms with E-state index in [0.717, 1.165) is 73.6 Å². The number of amides is 1. The van der Waals surface area contributed by atoms with Gasteiger partial charge in [-0.15, -0.1) is 0 Å². The monoisotopic (exact) mass is 472 g/mol. The zero-order chi connectivity index (χ0) is 23.9. The minimum atomic E-state index is 0.0177. The third kappa shape index (κ3) is 4.16. The predicted molar refractivity (Wildman–Crippen MR) is 136 cm³/mol. The van der Waals surface area contributed by atoms with Gasteiger partial charge in [0.15, 0.2) is 0 Å². The molecule has 2 aliphatic heterocycles. The van der Waals surface area contributed by atoms with Crippen molar-refractivity contribution >= 4 is 28.8 Å². The Morgan fingerprint density at radius 2 is 1.97 bits per heavy atom. The van der Waals surface area contributed by atoms with Crippen LogP contribution in [0.4, 0.5) is 22.9 Å². The third-order valence-electron chi connectivity index (χ3n) is 7.70. The van der Waals surface area contributed by atoms with Crippen molar-refractivity contribution in [2.75, 3.05) is 28.8 Å². The van der Waals surface area contributed by atoms with Crippen molar-refractivity contribution in [3.63, 3.8) is 0 Å². The van der Waals surface area contributed by atoms with Crippen molar-refractivity contribution in [2.45, 2.75) is 51.3 Å². The van der Waals surface area contributed by atoms with Gasteiger partial charge in [-0.3, -0.25) is 9.48 Å². The van der Waals surface area contributed by atoms with Crippen molar-refractivity contribution in [3.05, 3.63) is 59.5 Å². The zero-order valence-corrected chi connectivity index (χ0v) is 20.4. The molecule has 3 aromatic rings. The maximum atomic E-state index is 13.9. The van der Waals surface area contributed by atoms with Crippen LogP contribution >= 0.6 is 0 Å². The molecule has 0 radical (unpaired) electrons. The van der Waals surface area contributed by atoms with Crippen LogP contribution in [0.15, 0.2) is 42.7 Å². The fourth-order valence-electron chi connectivity index (χ4n) is 5.74. The molecule has 1 fully saturated rings. The maximum absolute atomic E-state index is 13.9. The van der Waals surface area contributed by atoms with Gasteiger partial charge in [-0.25, -0.2) is 4.98 Å². The number of aryl methyl sites for hydroxylation is 1. The number of ether oxygens (including phenoxy) is 1. The number of carbonyl (C=O) groups excluding carboxylic acids is 1. The minimum Gasteiger partial charge on any atom is -0.381 e. The highest BCUT2D eigenvalue weighted by Crippen LogP contribution is 2.40. The second-order valence-electron chi connectivity index (χ2n) is 9.92. The Kier molecular flexibility index (Phi) is 5.68. The van der Waals surface area contributed by atoms with Crippen LogP contribution in [0.3, 0.4) is 0 Å². The first-order valence-electron chi connectivity index (χ1n) is 12.5. The van der Waals surface area contributed by atoms with Crippen LogP contribution in [-0.4, -0.2) is 40.4 Å². The molecule has 2 aromatic heterocycles. The molecule has 8 nitrogen and oxygen atoms in total. The standard InChI is InChI=1S/C27H32N6O2/c1-31-15-20-16-32(13-11-23(20)30-31)21-7-10-24-25(14-21)33(17-19-4-3-12-28-26(19)29-24)27(34)18-5-8-22(35-2)9-6-18/h3-4,7,10,12,14-15,18,22H,5-6,8-9,11,13,16-17H2,1-2H3,(H,28,29). The summed E-state index contributed by atoms with van der Waals surface area (Å²) in [6.07, 6.45) is 8.70. The molecule has 35 heavy (non-hydrogen) atoms. The van der Waals surface area contributed by atoms with E-state index in [0.29, 0.717) is 6.54 Å². The fourth-order valence-corrected chi connectivity index (χ4v) is 5.74. The van der Waals surface area contributed by atoms with Crippen LogP contribution < -0.4 is 15.1 Å². The van der Waals surface area contributed by atoms with E-state index in [1.54, 1.807) is 13.3 Å². The van der Waals surface area contributed by atoms with Crippen molar-refractivity contribution in [1.29, 1.82) is 0 Å². The van der Waals surface area contributed by atoms with Crippen molar-refractivity contribution in [1.82, 2.24) is 14.8 Å². The molecular formula is C27H32N6O2. The largest absolute Gasteiger partial charge is 0.381 e. The van der Waals surface area contributed by atoms with Crippen molar-refractivity contribution in [2.24, 2.45) is 13.0 Å². The van der Waals surface area contributed by atoms with Crippen LogP contribution in [0.1, 0.15) is 42.5 Å². The molecule has 182 valence electrons. The Bertz CT molecular complexity index is 1250. The highest BCUT2D eigenvalue weighted by Gasteiger charge is 2.33. The SMILES string of the molecule is COC1CCC(C(=O)N2Cc3cccnc3Nc3ccc(N4CCc5nn(C)cc5C4)cc32)CC1. The summed E-state index contributed by atoms with van der Waals surface area (Å²) in [5, 5.41) is 8.09. The van der Waals surface area contributed by atoms with Crippen LogP contribution in [0.25, 0.3) is 0 Å². The lowest BCUT2D eigenvalue weighted by Crippen LogP contribution is -2.38. The van der Waals surface area contributed by atoms with Crippen molar-refractivity contribution in [3.8, 4) is 0 Å².